The molecule has 0 saturated heterocycles. The first kappa shape index (κ1) is 17.4. The Hall–Kier alpha value is -1.66. The topological polar surface area (TPSA) is 29.1 Å². The van der Waals surface area contributed by atoms with Crippen molar-refractivity contribution in [1.82, 2.24) is 5.32 Å². The summed E-state index contributed by atoms with van der Waals surface area (Å²) in [5, 5.41) is 5.82. The highest BCUT2D eigenvalue weighted by molar-refractivity contribution is 8.12. The monoisotopic (exact) mass is 301 g/mol. The van der Waals surface area contributed by atoms with Crippen molar-refractivity contribution >= 4 is 23.1 Å². The van der Waals surface area contributed by atoms with Gasteiger partial charge in [-0.05, 0) is 60.4 Å². The molecular formula is C18H23NOS. The van der Waals surface area contributed by atoms with Gasteiger partial charge >= 0.3 is 0 Å². The fraction of sp³-hybridized carbons (Fsp3) is 0.389. The zero-order chi connectivity index (χ0) is 15.8. The third-order valence-corrected chi connectivity index (χ3v) is 4.27. The van der Waals surface area contributed by atoms with Gasteiger partial charge in [-0.25, -0.2) is 0 Å². The number of allylic oxidation sites excluding steroid dienone is 1. The zero-order valence-electron chi connectivity index (χ0n) is 13.4. The van der Waals surface area contributed by atoms with Gasteiger partial charge in [-0.2, -0.15) is 0 Å². The van der Waals surface area contributed by atoms with Crippen LogP contribution < -0.4 is 5.32 Å². The van der Waals surface area contributed by atoms with Gasteiger partial charge in [0, 0.05) is 11.4 Å². The molecule has 0 spiro atoms. The van der Waals surface area contributed by atoms with E-state index >= 15 is 0 Å². The molecule has 0 fully saturated rings. The molecule has 112 valence electrons. The Bertz CT molecular complexity index is 587. The fourth-order valence-electron chi connectivity index (χ4n) is 2.14. The van der Waals surface area contributed by atoms with Gasteiger partial charge in [-0.3, -0.25) is 4.79 Å². The number of hydrogen-bond acceptors (Lipinski definition) is 2. The molecule has 0 atom stereocenters. The SMILES string of the molecule is CC#CSC(=C(C)C)c1ccc(CNC=O)c(C(C)C)c1. The number of rotatable bonds is 6. The maximum absolute atomic E-state index is 10.5. The molecule has 0 unspecified atom stereocenters. The summed E-state index contributed by atoms with van der Waals surface area (Å²) in [6.45, 7) is 11.0. The Morgan fingerprint density at radius 2 is 2.10 bits per heavy atom. The van der Waals surface area contributed by atoms with Crippen LogP contribution in [0.2, 0.25) is 0 Å². The summed E-state index contributed by atoms with van der Waals surface area (Å²) >= 11 is 1.57. The highest BCUT2D eigenvalue weighted by Gasteiger charge is 2.11. The van der Waals surface area contributed by atoms with Crippen LogP contribution in [0, 0.1) is 11.2 Å². The molecule has 0 radical (unpaired) electrons. The minimum atomic E-state index is 0.411. The molecular weight excluding hydrogens is 278 g/mol. The molecule has 0 bridgehead atoms. The lowest BCUT2D eigenvalue weighted by Gasteiger charge is -2.16. The third-order valence-electron chi connectivity index (χ3n) is 3.12. The van der Waals surface area contributed by atoms with E-state index in [4.69, 9.17) is 0 Å². The number of amides is 1. The van der Waals surface area contributed by atoms with Crippen molar-refractivity contribution in [3.63, 3.8) is 0 Å². The summed E-state index contributed by atoms with van der Waals surface area (Å²) in [7, 11) is 0. The smallest absolute Gasteiger partial charge is 0.207 e. The lowest BCUT2D eigenvalue weighted by atomic mass is 9.94. The van der Waals surface area contributed by atoms with E-state index in [0.29, 0.717) is 12.5 Å². The quantitative estimate of drug-likeness (QED) is 0.618. The van der Waals surface area contributed by atoms with E-state index in [2.05, 4.69) is 62.4 Å². The van der Waals surface area contributed by atoms with Crippen molar-refractivity contribution in [1.29, 1.82) is 0 Å². The molecule has 0 heterocycles. The van der Waals surface area contributed by atoms with Gasteiger partial charge in [0.2, 0.25) is 6.41 Å². The summed E-state index contributed by atoms with van der Waals surface area (Å²) in [5.41, 5.74) is 4.89. The Kier molecular flexibility index (Phi) is 7.11. The molecule has 0 aliphatic rings. The second-order valence-corrected chi connectivity index (χ2v) is 6.17. The second-order valence-electron chi connectivity index (χ2n) is 5.35. The van der Waals surface area contributed by atoms with E-state index in [0.717, 1.165) is 6.41 Å². The first-order valence-corrected chi connectivity index (χ1v) is 7.89. The largest absolute Gasteiger partial charge is 0.355 e. The fourth-order valence-corrected chi connectivity index (χ4v) is 2.79. The molecule has 21 heavy (non-hydrogen) atoms. The number of carbonyl (C=O) groups excluding carboxylic acids is 1. The van der Waals surface area contributed by atoms with E-state index in [9.17, 15) is 4.79 Å². The van der Waals surface area contributed by atoms with E-state index in [1.54, 1.807) is 11.8 Å². The highest BCUT2D eigenvalue weighted by Crippen LogP contribution is 2.33. The number of hydrogen-bond donors (Lipinski definition) is 1. The number of carbonyl (C=O) groups is 1. The predicted octanol–water partition coefficient (Wildman–Crippen LogP) is 4.52. The molecule has 2 nitrogen and oxygen atoms in total. The van der Waals surface area contributed by atoms with Crippen LogP contribution in [0.15, 0.2) is 23.8 Å². The van der Waals surface area contributed by atoms with Gasteiger partial charge in [0.15, 0.2) is 0 Å². The Balaban J connectivity index is 3.25. The lowest BCUT2D eigenvalue weighted by Crippen LogP contribution is -2.12. The zero-order valence-corrected chi connectivity index (χ0v) is 14.2. The average molecular weight is 301 g/mol. The summed E-state index contributed by atoms with van der Waals surface area (Å²) in [5.74, 6) is 3.34. The van der Waals surface area contributed by atoms with Crippen LogP contribution in [-0.2, 0) is 11.3 Å². The van der Waals surface area contributed by atoms with E-state index in [-0.39, 0.29) is 0 Å². The minimum absolute atomic E-state index is 0.411. The number of nitrogens with one attached hydrogen (secondary N) is 1. The molecule has 1 aromatic carbocycles. The molecule has 0 aliphatic heterocycles. The van der Waals surface area contributed by atoms with Crippen molar-refractivity contribution in [2.75, 3.05) is 0 Å². The molecule has 1 N–H and O–H groups in total. The molecule has 3 heteroatoms. The summed E-state index contributed by atoms with van der Waals surface area (Å²) in [4.78, 5) is 11.7. The summed E-state index contributed by atoms with van der Waals surface area (Å²) in [6, 6.07) is 6.43. The second kappa shape index (κ2) is 8.59. The predicted molar refractivity (Wildman–Crippen MR) is 92.7 cm³/mol. The van der Waals surface area contributed by atoms with E-state index in [1.165, 1.54) is 27.2 Å². The Morgan fingerprint density at radius 1 is 1.38 bits per heavy atom. The van der Waals surface area contributed by atoms with Crippen LogP contribution in [0.1, 0.15) is 57.2 Å². The van der Waals surface area contributed by atoms with Crippen LogP contribution >= 0.6 is 11.8 Å². The van der Waals surface area contributed by atoms with Gasteiger partial charge in [-0.15, -0.1) is 0 Å². The molecule has 1 aromatic rings. The van der Waals surface area contributed by atoms with Gasteiger partial charge in [0.25, 0.3) is 0 Å². The van der Waals surface area contributed by atoms with Gasteiger partial charge in [0.1, 0.15) is 0 Å². The first-order chi connectivity index (χ1) is 10.0. The third kappa shape index (κ3) is 4.99. The van der Waals surface area contributed by atoms with Crippen molar-refractivity contribution in [3.05, 3.63) is 40.5 Å². The van der Waals surface area contributed by atoms with E-state index < -0.39 is 0 Å². The molecule has 0 saturated carbocycles. The number of benzene rings is 1. The van der Waals surface area contributed by atoms with Crippen LogP contribution in [0.5, 0.6) is 0 Å². The highest BCUT2D eigenvalue weighted by atomic mass is 32.2. The van der Waals surface area contributed by atoms with Crippen molar-refractivity contribution in [2.45, 2.75) is 47.1 Å². The maximum Gasteiger partial charge on any atom is 0.207 e. The van der Waals surface area contributed by atoms with Crippen molar-refractivity contribution < 1.29 is 4.79 Å². The minimum Gasteiger partial charge on any atom is -0.355 e. The Labute approximate surface area is 132 Å². The molecule has 1 amide bonds. The standard InChI is InChI=1S/C18H23NOS/c1-6-9-21-18(14(4)5)15-7-8-16(11-19-12-20)17(10-15)13(2)3/h7-8,10,12-13H,11H2,1-5H3,(H,19,20). The van der Waals surface area contributed by atoms with Gasteiger partial charge < -0.3 is 5.32 Å². The van der Waals surface area contributed by atoms with Crippen molar-refractivity contribution in [2.24, 2.45) is 0 Å². The van der Waals surface area contributed by atoms with Crippen LogP contribution in [0.25, 0.3) is 4.91 Å². The Morgan fingerprint density at radius 3 is 2.62 bits per heavy atom. The summed E-state index contributed by atoms with van der Waals surface area (Å²) in [6.07, 6.45) is 0.742. The van der Waals surface area contributed by atoms with Crippen LogP contribution in [0.4, 0.5) is 0 Å². The molecule has 1 rings (SSSR count). The van der Waals surface area contributed by atoms with Crippen molar-refractivity contribution in [3.8, 4) is 11.2 Å². The van der Waals surface area contributed by atoms with Crippen LogP contribution in [0.3, 0.4) is 0 Å². The maximum atomic E-state index is 10.5. The number of thioether (sulfide) groups is 1. The lowest BCUT2D eigenvalue weighted by molar-refractivity contribution is -0.109. The van der Waals surface area contributed by atoms with Gasteiger partial charge in [-0.1, -0.05) is 43.5 Å². The first-order valence-electron chi connectivity index (χ1n) is 7.07. The molecule has 0 aromatic heterocycles. The van der Waals surface area contributed by atoms with Gasteiger partial charge in [0.05, 0.1) is 0 Å². The average Bonchev–Trinajstić information content (AvgIpc) is 2.45. The normalized spacial score (nSPS) is 9.81. The van der Waals surface area contributed by atoms with E-state index in [1.807, 2.05) is 6.92 Å². The summed E-state index contributed by atoms with van der Waals surface area (Å²) < 4.78 is 0. The van der Waals surface area contributed by atoms with Crippen LogP contribution in [-0.4, -0.2) is 6.41 Å². The molecule has 0 aliphatic carbocycles.